The fraction of sp³-hybridized carbons (Fsp3) is 0.538. The number of carbonyl (C=O) groups excluding carboxylic acids is 1. The van der Waals surface area contributed by atoms with Gasteiger partial charge in [0.1, 0.15) is 5.60 Å². The first-order valence-electron chi connectivity index (χ1n) is 5.94. The third-order valence-corrected chi connectivity index (χ3v) is 2.27. The Bertz CT molecular complexity index is 460. The zero-order valence-electron chi connectivity index (χ0n) is 11.2. The van der Waals surface area contributed by atoms with Crippen LogP contribution in [0, 0.1) is 0 Å². The second-order valence-electron chi connectivity index (χ2n) is 5.25. The highest BCUT2D eigenvalue weighted by Crippen LogP contribution is 2.10. The highest BCUT2D eigenvalue weighted by Gasteiger charge is 2.16. The molecule has 0 aliphatic carbocycles. The summed E-state index contributed by atoms with van der Waals surface area (Å²) < 4.78 is 5.13. The molecule has 0 aromatic carbocycles. The van der Waals surface area contributed by atoms with Gasteiger partial charge in [-0.3, -0.25) is 4.79 Å². The summed E-state index contributed by atoms with van der Waals surface area (Å²) >= 11 is 0. The largest absolute Gasteiger partial charge is 0.444 e. The van der Waals surface area contributed by atoms with Crippen molar-refractivity contribution in [1.29, 1.82) is 0 Å². The summed E-state index contributed by atoms with van der Waals surface area (Å²) in [5.41, 5.74) is 0.143. The van der Waals surface area contributed by atoms with Crippen LogP contribution in [0.2, 0.25) is 0 Å². The van der Waals surface area contributed by atoms with Crippen LogP contribution in [0.3, 0.4) is 0 Å². The van der Waals surface area contributed by atoms with E-state index < -0.39 is 11.7 Å². The Kier molecular flexibility index (Phi) is 4.53. The molecule has 1 atom stereocenters. The van der Waals surface area contributed by atoms with Crippen molar-refractivity contribution in [2.45, 2.75) is 39.2 Å². The van der Waals surface area contributed by atoms with Gasteiger partial charge in [0.15, 0.2) is 0 Å². The molecule has 1 rings (SSSR count). The number of nitrogens with one attached hydrogen (secondary N) is 2. The predicted octanol–water partition coefficient (Wildman–Crippen LogP) is 2.00. The van der Waals surface area contributed by atoms with E-state index in [2.05, 4.69) is 10.3 Å². The summed E-state index contributed by atoms with van der Waals surface area (Å²) in [6.45, 7) is 7.76. The maximum Gasteiger partial charge on any atom is 0.407 e. The lowest BCUT2D eigenvalue weighted by Gasteiger charge is -2.20. The van der Waals surface area contributed by atoms with E-state index in [1.165, 1.54) is 6.07 Å². The molecular weight excluding hydrogens is 232 g/mol. The van der Waals surface area contributed by atoms with E-state index in [0.29, 0.717) is 6.54 Å². The van der Waals surface area contributed by atoms with Gasteiger partial charge in [0.25, 0.3) is 0 Å². The lowest BCUT2D eigenvalue weighted by Crippen LogP contribution is -2.34. The molecule has 1 unspecified atom stereocenters. The van der Waals surface area contributed by atoms with Crippen LogP contribution in [-0.4, -0.2) is 23.2 Å². The molecule has 0 aliphatic rings. The molecule has 5 nitrogen and oxygen atoms in total. The molecule has 0 radical (unpaired) electrons. The van der Waals surface area contributed by atoms with E-state index in [-0.39, 0.29) is 11.5 Å². The monoisotopic (exact) mass is 252 g/mol. The summed E-state index contributed by atoms with van der Waals surface area (Å²) in [4.78, 5) is 25.3. The molecule has 1 amide bonds. The zero-order valence-corrected chi connectivity index (χ0v) is 11.2. The number of aromatic nitrogens is 1. The number of pyridine rings is 1. The van der Waals surface area contributed by atoms with Crippen LogP contribution in [-0.2, 0) is 4.74 Å². The third kappa shape index (κ3) is 5.03. The minimum Gasteiger partial charge on any atom is -0.444 e. The van der Waals surface area contributed by atoms with Crippen LogP contribution in [0.1, 0.15) is 39.3 Å². The Morgan fingerprint density at radius 1 is 1.44 bits per heavy atom. The molecule has 18 heavy (non-hydrogen) atoms. The van der Waals surface area contributed by atoms with Crippen molar-refractivity contribution in [3.05, 3.63) is 34.2 Å². The summed E-state index contributed by atoms with van der Waals surface area (Å²) in [6, 6.07) is 4.97. The van der Waals surface area contributed by atoms with Gasteiger partial charge in [0.2, 0.25) is 5.56 Å². The Morgan fingerprint density at radius 3 is 2.67 bits per heavy atom. The fourth-order valence-electron chi connectivity index (χ4n) is 1.41. The van der Waals surface area contributed by atoms with Crippen molar-refractivity contribution in [3.63, 3.8) is 0 Å². The Hall–Kier alpha value is -1.78. The van der Waals surface area contributed by atoms with Crippen LogP contribution < -0.4 is 10.9 Å². The molecule has 5 heteroatoms. The highest BCUT2D eigenvalue weighted by molar-refractivity contribution is 5.67. The SMILES string of the molecule is CC(CNC(=O)OC(C)(C)C)c1cccc(=O)[nH]1. The summed E-state index contributed by atoms with van der Waals surface area (Å²) in [7, 11) is 0. The summed E-state index contributed by atoms with van der Waals surface area (Å²) in [5.74, 6) is 0.0198. The lowest BCUT2D eigenvalue weighted by atomic mass is 10.1. The molecule has 0 saturated carbocycles. The molecule has 0 aliphatic heterocycles. The molecule has 1 heterocycles. The van der Waals surface area contributed by atoms with Crippen LogP contribution in [0.25, 0.3) is 0 Å². The van der Waals surface area contributed by atoms with Crippen LogP contribution in [0.15, 0.2) is 23.0 Å². The molecular formula is C13H20N2O3. The fourth-order valence-corrected chi connectivity index (χ4v) is 1.41. The Balaban J connectivity index is 2.49. The quantitative estimate of drug-likeness (QED) is 0.864. The highest BCUT2D eigenvalue weighted by atomic mass is 16.6. The minimum absolute atomic E-state index is 0.0198. The van der Waals surface area contributed by atoms with Crippen molar-refractivity contribution < 1.29 is 9.53 Å². The maximum atomic E-state index is 11.5. The molecule has 100 valence electrons. The summed E-state index contributed by atoms with van der Waals surface area (Å²) in [5, 5.41) is 2.67. The number of H-pyrrole nitrogens is 1. The van der Waals surface area contributed by atoms with E-state index in [1.54, 1.807) is 6.07 Å². The van der Waals surface area contributed by atoms with Gasteiger partial charge in [-0.1, -0.05) is 13.0 Å². The van der Waals surface area contributed by atoms with Gasteiger partial charge in [0.05, 0.1) is 0 Å². The van der Waals surface area contributed by atoms with Crippen molar-refractivity contribution in [2.75, 3.05) is 6.54 Å². The van der Waals surface area contributed by atoms with E-state index >= 15 is 0 Å². The standard InChI is InChI=1S/C13H20N2O3/c1-9(10-6-5-7-11(16)15-10)8-14-12(17)18-13(2,3)4/h5-7,9H,8H2,1-4H3,(H,14,17)(H,15,16). The van der Waals surface area contributed by atoms with Crippen LogP contribution in [0.4, 0.5) is 4.79 Å². The molecule has 0 fully saturated rings. The van der Waals surface area contributed by atoms with Crippen molar-refractivity contribution >= 4 is 6.09 Å². The van der Waals surface area contributed by atoms with E-state index in [0.717, 1.165) is 5.69 Å². The molecule has 1 aromatic rings. The summed E-state index contributed by atoms with van der Waals surface area (Å²) in [6.07, 6.45) is -0.451. The van der Waals surface area contributed by atoms with Gasteiger partial charge >= 0.3 is 6.09 Å². The van der Waals surface area contributed by atoms with Crippen LogP contribution in [0.5, 0.6) is 0 Å². The minimum atomic E-state index is -0.506. The van der Waals surface area contributed by atoms with Gasteiger partial charge in [-0.05, 0) is 26.8 Å². The average molecular weight is 252 g/mol. The number of ether oxygens (including phenoxy) is 1. The van der Waals surface area contributed by atoms with Crippen molar-refractivity contribution in [2.24, 2.45) is 0 Å². The first-order valence-corrected chi connectivity index (χ1v) is 5.94. The second-order valence-corrected chi connectivity index (χ2v) is 5.25. The van der Waals surface area contributed by atoms with E-state index in [9.17, 15) is 9.59 Å². The number of carbonyl (C=O) groups is 1. The lowest BCUT2D eigenvalue weighted by molar-refractivity contribution is 0.0525. The number of rotatable bonds is 3. The Morgan fingerprint density at radius 2 is 2.11 bits per heavy atom. The first kappa shape index (κ1) is 14.3. The Labute approximate surface area is 107 Å². The first-order chi connectivity index (χ1) is 8.28. The average Bonchev–Trinajstić information content (AvgIpc) is 2.23. The van der Waals surface area contributed by atoms with Crippen LogP contribution >= 0.6 is 0 Å². The van der Waals surface area contributed by atoms with Crippen molar-refractivity contribution in [3.8, 4) is 0 Å². The number of amides is 1. The third-order valence-electron chi connectivity index (χ3n) is 2.27. The normalized spacial score (nSPS) is 12.9. The number of alkyl carbamates (subject to hydrolysis) is 1. The number of aromatic amines is 1. The van der Waals surface area contributed by atoms with Gasteiger partial charge in [-0.15, -0.1) is 0 Å². The topological polar surface area (TPSA) is 71.2 Å². The molecule has 0 saturated heterocycles. The molecule has 0 spiro atoms. The second kappa shape index (κ2) is 5.71. The van der Waals surface area contributed by atoms with E-state index in [1.807, 2.05) is 33.8 Å². The molecule has 2 N–H and O–H groups in total. The van der Waals surface area contributed by atoms with Gasteiger partial charge < -0.3 is 15.0 Å². The molecule has 0 bridgehead atoms. The van der Waals surface area contributed by atoms with E-state index in [4.69, 9.17) is 4.74 Å². The smallest absolute Gasteiger partial charge is 0.407 e. The van der Waals surface area contributed by atoms with Gasteiger partial charge in [0, 0.05) is 24.2 Å². The van der Waals surface area contributed by atoms with Gasteiger partial charge in [-0.2, -0.15) is 0 Å². The number of hydrogen-bond acceptors (Lipinski definition) is 3. The van der Waals surface area contributed by atoms with Crippen molar-refractivity contribution in [1.82, 2.24) is 10.3 Å². The molecule has 1 aromatic heterocycles. The number of hydrogen-bond donors (Lipinski definition) is 2. The zero-order chi connectivity index (χ0) is 13.8. The predicted molar refractivity (Wildman–Crippen MR) is 69.7 cm³/mol. The maximum absolute atomic E-state index is 11.5. The van der Waals surface area contributed by atoms with Gasteiger partial charge in [-0.25, -0.2) is 4.79 Å².